The van der Waals surface area contributed by atoms with Gasteiger partial charge in [0.15, 0.2) is 6.61 Å². The van der Waals surface area contributed by atoms with Gasteiger partial charge >= 0.3 is 5.97 Å². The molecule has 1 heterocycles. The van der Waals surface area contributed by atoms with E-state index >= 15 is 0 Å². The van der Waals surface area contributed by atoms with Crippen LogP contribution in [0.3, 0.4) is 0 Å². The molecular formula is C14H22N2O5. The van der Waals surface area contributed by atoms with Crippen LogP contribution >= 0.6 is 0 Å². The highest BCUT2D eigenvalue weighted by Gasteiger charge is 2.23. The molecular weight excluding hydrogens is 276 g/mol. The van der Waals surface area contributed by atoms with Crippen LogP contribution in [-0.4, -0.2) is 34.8 Å². The third-order valence-corrected chi connectivity index (χ3v) is 2.60. The van der Waals surface area contributed by atoms with Gasteiger partial charge in [-0.05, 0) is 23.9 Å². The van der Waals surface area contributed by atoms with Gasteiger partial charge in [0.05, 0.1) is 6.42 Å². The second-order valence-corrected chi connectivity index (χ2v) is 6.19. The number of aliphatic carboxylic acids is 1. The third kappa shape index (κ3) is 7.34. The van der Waals surface area contributed by atoms with E-state index in [9.17, 15) is 9.59 Å². The summed E-state index contributed by atoms with van der Waals surface area (Å²) in [6, 6.07) is 1.13. The minimum atomic E-state index is -0.947. The lowest BCUT2D eigenvalue weighted by Crippen LogP contribution is -2.41. The van der Waals surface area contributed by atoms with E-state index in [1.807, 2.05) is 20.8 Å². The van der Waals surface area contributed by atoms with Gasteiger partial charge in [-0.25, -0.2) is 0 Å². The lowest BCUT2D eigenvalue weighted by molar-refractivity contribution is -0.138. The molecule has 1 unspecified atom stereocenters. The summed E-state index contributed by atoms with van der Waals surface area (Å²) in [5.41, 5.74) is -0.0858. The summed E-state index contributed by atoms with van der Waals surface area (Å²) in [7, 11) is 0. The first-order chi connectivity index (χ1) is 9.65. The molecule has 0 aromatic carbocycles. The van der Waals surface area contributed by atoms with Crippen molar-refractivity contribution in [2.75, 3.05) is 6.61 Å². The topological polar surface area (TPSA) is 102 Å². The van der Waals surface area contributed by atoms with Crippen LogP contribution in [0.5, 0.6) is 5.88 Å². The highest BCUT2D eigenvalue weighted by molar-refractivity contribution is 5.78. The number of nitrogens with one attached hydrogen (secondary N) is 1. The van der Waals surface area contributed by atoms with Crippen LogP contribution in [0.4, 0.5) is 0 Å². The molecule has 118 valence electrons. The average Bonchev–Trinajstić information content (AvgIpc) is 2.69. The van der Waals surface area contributed by atoms with Gasteiger partial charge in [0.1, 0.15) is 5.76 Å². The summed E-state index contributed by atoms with van der Waals surface area (Å²) in [6.07, 6.45) is 0.445. The standard InChI is InChI=1S/C14H22N2O5/c1-9-5-12(16-21-9)20-8-11(17)15-10(6-13(18)19)7-14(2,3)4/h5,10H,6-8H2,1-4H3,(H,15,17)(H,18,19). The summed E-state index contributed by atoms with van der Waals surface area (Å²) < 4.78 is 9.97. The number of carbonyl (C=O) groups excluding carboxylic acids is 1. The van der Waals surface area contributed by atoms with E-state index in [4.69, 9.17) is 14.4 Å². The van der Waals surface area contributed by atoms with Gasteiger partial charge in [0, 0.05) is 12.1 Å². The fraction of sp³-hybridized carbons (Fsp3) is 0.643. The van der Waals surface area contributed by atoms with E-state index in [2.05, 4.69) is 10.5 Å². The molecule has 7 nitrogen and oxygen atoms in total. The number of rotatable bonds is 7. The Labute approximate surface area is 123 Å². The fourth-order valence-electron chi connectivity index (χ4n) is 1.94. The second-order valence-electron chi connectivity index (χ2n) is 6.19. The summed E-state index contributed by atoms with van der Waals surface area (Å²) in [4.78, 5) is 22.7. The van der Waals surface area contributed by atoms with Crippen molar-refractivity contribution in [1.29, 1.82) is 0 Å². The van der Waals surface area contributed by atoms with Crippen molar-refractivity contribution >= 4 is 11.9 Å². The number of amides is 1. The van der Waals surface area contributed by atoms with Crippen LogP contribution in [0.15, 0.2) is 10.6 Å². The van der Waals surface area contributed by atoms with Crippen LogP contribution in [0.1, 0.15) is 39.4 Å². The van der Waals surface area contributed by atoms with Gasteiger partial charge in [-0.1, -0.05) is 20.8 Å². The third-order valence-electron chi connectivity index (χ3n) is 2.60. The fourth-order valence-corrected chi connectivity index (χ4v) is 1.94. The van der Waals surface area contributed by atoms with Crippen molar-refractivity contribution in [3.05, 3.63) is 11.8 Å². The zero-order valence-electron chi connectivity index (χ0n) is 12.8. The van der Waals surface area contributed by atoms with Gasteiger partial charge in [0.25, 0.3) is 11.8 Å². The van der Waals surface area contributed by atoms with Crippen molar-refractivity contribution in [3.8, 4) is 5.88 Å². The Morgan fingerprint density at radius 1 is 1.48 bits per heavy atom. The Morgan fingerprint density at radius 2 is 2.14 bits per heavy atom. The highest BCUT2D eigenvalue weighted by Crippen LogP contribution is 2.22. The summed E-state index contributed by atoms with van der Waals surface area (Å²) in [5, 5.41) is 15.2. The van der Waals surface area contributed by atoms with Crippen LogP contribution in [0.2, 0.25) is 0 Å². The molecule has 1 atom stereocenters. The monoisotopic (exact) mass is 298 g/mol. The minimum Gasteiger partial charge on any atom is -0.481 e. The second kappa shape index (κ2) is 7.10. The van der Waals surface area contributed by atoms with Crippen molar-refractivity contribution < 1.29 is 24.0 Å². The predicted molar refractivity (Wildman–Crippen MR) is 75.0 cm³/mol. The van der Waals surface area contributed by atoms with Gasteiger partial charge in [-0.3, -0.25) is 9.59 Å². The maximum Gasteiger partial charge on any atom is 0.305 e. The largest absolute Gasteiger partial charge is 0.481 e. The average molecular weight is 298 g/mol. The van der Waals surface area contributed by atoms with Gasteiger partial charge < -0.3 is 19.7 Å². The zero-order chi connectivity index (χ0) is 16.0. The SMILES string of the molecule is Cc1cc(OCC(=O)NC(CC(=O)O)CC(C)(C)C)no1. The Morgan fingerprint density at radius 3 is 2.62 bits per heavy atom. The first kappa shape index (κ1) is 17.0. The number of carboxylic acids is 1. The van der Waals surface area contributed by atoms with Gasteiger partial charge in [-0.2, -0.15) is 0 Å². The van der Waals surface area contributed by atoms with Crippen LogP contribution < -0.4 is 10.1 Å². The van der Waals surface area contributed by atoms with E-state index in [1.165, 1.54) is 0 Å². The first-order valence-corrected chi connectivity index (χ1v) is 6.73. The molecule has 7 heteroatoms. The van der Waals surface area contributed by atoms with Crippen LogP contribution in [0, 0.1) is 12.3 Å². The summed E-state index contributed by atoms with van der Waals surface area (Å²) in [6.45, 7) is 7.45. The number of ether oxygens (including phenoxy) is 1. The summed E-state index contributed by atoms with van der Waals surface area (Å²) in [5.74, 6) is -0.515. The molecule has 0 saturated heterocycles. The van der Waals surface area contributed by atoms with Crippen LogP contribution in [0.25, 0.3) is 0 Å². The first-order valence-electron chi connectivity index (χ1n) is 6.73. The molecule has 0 saturated carbocycles. The molecule has 1 aromatic rings. The minimum absolute atomic E-state index is 0.0858. The van der Waals surface area contributed by atoms with E-state index in [0.29, 0.717) is 12.2 Å². The maximum atomic E-state index is 11.8. The molecule has 1 amide bonds. The van der Waals surface area contributed by atoms with E-state index < -0.39 is 12.0 Å². The molecule has 0 radical (unpaired) electrons. The zero-order valence-corrected chi connectivity index (χ0v) is 12.8. The number of aryl methyl sites for hydroxylation is 1. The van der Waals surface area contributed by atoms with E-state index in [-0.39, 0.29) is 30.2 Å². The van der Waals surface area contributed by atoms with Crippen molar-refractivity contribution in [2.45, 2.75) is 46.6 Å². The number of nitrogens with zero attached hydrogens (tertiary/aromatic N) is 1. The lowest BCUT2D eigenvalue weighted by atomic mass is 9.87. The molecule has 1 aromatic heterocycles. The normalized spacial score (nSPS) is 12.8. The quantitative estimate of drug-likeness (QED) is 0.795. The maximum absolute atomic E-state index is 11.8. The number of aromatic nitrogens is 1. The van der Waals surface area contributed by atoms with Gasteiger partial charge in [0.2, 0.25) is 0 Å². The smallest absolute Gasteiger partial charge is 0.305 e. The molecule has 0 bridgehead atoms. The highest BCUT2D eigenvalue weighted by atomic mass is 16.5. The molecule has 0 aliphatic heterocycles. The van der Waals surface area contributed by atoms with Crippen LogP contribution in [-0.2, 0) is 9.59 Å². The van der Waals surface area contributed by atoms with Gasteiger partial charge in [-0.15, -0.1) is 0 Å². The number of carboxylic acid groups (broad SMARTS) is 1. The number of hydrogen-bond acceptors (Lipinski definition) is 5. The Balaban J connectivity index is 2.49. The molecule has 0 spiro atoms. The lowest BCUT2D eigenvalue weighted by Gasteiger charge is -2.25. The number of hydrogen-bond donors (Lipinski definition) is 2. The molecule has 21 heavy (non-hydrogen) atoms. The molecule has 2 N–H and O–H groups in total. The molecule has 1 rings (SSSR count). The Bertz CT molecular complexity index is 490. The van der Waals surface area contributed by atoms with E-state index in [0.717, 1.165) is 0 Å². The molecule has 0 fully saturated rings. The Hall–Kier alpha value is -2.05. The molecule has 0 aliphatic rings. The molecule has 0 aliphatic carbocycles. The van der Waals surface area contributed by atoms with E-state index in [1.54, 1.807) is 13.0 Å². The van der Waals surface area contributed by atoms with Crippen molar-refractivity contribution in [1.82, 2.24) is 10.5 Å². The van der Waals surface area contributed by atoms with Crippen molar-refractivity contribution in [3.63, 3.8) is 0 Å². The Kier molecular flexibility index (Phi) is 5.75. The number of carbonyl (C=O) groups is 2. The predicted octanol–water partition coefficient (Wildman–Crippen LogP) is 1.76. The summed E-state index contributed by atoms with van der Waals surface area (Å²) >= 11 is 0. The van der Waals surface area contributed by atoms with Crippen molar-refractivity contribution in [2.24, 2.45) is 5.41 Å².